The Morgan fingerprint density at radius 2 is 2.05 bits per heavy atom. The highest BCUT2D eigenvalue weighted by Gasteiger charge is 2.17. The lowest BCUT2D eigenvalue weighted by molar-refractivity contribution is 0.107. The SMILES string of the molecule is CCCCS(=O)(=O)NCC(OC)c1ccccc1Cl. The highest BCUT2D eigenvalue weighted by atomic mass is 35.5. The van der Waals surface area contributed by atoms with E-state index in [1.807, 2.05) is 25.1 Å². The van der Waals surface area contributed by atoms with Gasteiger partial charge in [-0.2, -0.15) is 0 Å². The predicted octanol–water partition coefficient (Wildman–Crippen LogP) is 2.75. The van der Waals surface area contributed by atoms with Gasteiger partial charge in [0.2, 0.25) is 10.0 Å². The number of hydrogen-bond acceptors (Lipinski definition) is 3. The van der Waals surface area contributed by atoms with Crippen LogP contribution in [-0.4, -0.2) is 27.8 Å². The second kappa shape index (κ2) is 7.85. The first kappa shape index (κ1) is 16.4. The maximum Gasteiger partial charge on any atom is 0.211 e. The first-order chi connectivity index (χ1) is 9.00. The minimum absolute atomic E-state index is 0.141. The fourth-order valence-corrected chi connectivity index (χ4v) is 3.14. The predicted molar refractivity (Wildman–Crippen MR) is 77.9 cm³/mol. The average Bonchev–Trinajstić information content (AvgIpc) is 2.39. The van der Waals surface area contributed by atoms with E-state index in [0.29, 0.717) is 11.4 Å². The van der Waals surface area contributed by atoms with Gasteiger partial charge in [-0.15, -0.1) is 0 Å². The van der Waals surface area contributed by atoms with E-state index < -0.39 is 10.0 Å². The number of sulfonamides is 1. The second-order valence-corrected chi connectivity index (χ2v) is 6.60. The molecule has 1 unspecified atom stereocenters. The first-order valence-electron chi connectivity index (χ1n) is 6.24. The molecule has 19 heavy (non-hydrogen) atoms. The molecule has 1 rings (SSSR count). The van der Waals surface area contributed by atoms with Crippen LogP contribution in [0.1, 0.15) is 31.4 Å². The van der Waals surface area contributed by atoms with Gasteiger partial charge in [0.15, 0.2) is 0 Å². The molecule has 0 spiro atoms. The van der Waals surface area contributed by atoms with Crippen LogP contribution < -0.4 is 4.72 Å². The lowest BCUT2D eigenvalue weighted by atomic mass is 10.1. The molecule has 0 aromatic heterocycles. The molecule has 4 nitrogen and oxygen atoms in total. The van der Waals surface area contributed by atoms with Gasteiger partial charge in [0, 0.05) is 24.2 Å². The molecule has 1 aromatic rings. The van der Waals surface area contributed by atoms with Crippen molar-refractivity contribution >= 4 is 21.6 Å². The van der Waals surface area contributed by atoms with Crippen molar-refractivity contribution in [2.45, 2.75) is 25.9 Å². The Morgan fingerprint density at radius 1 is 1.37 bits per heavy atom. The highest BCUT2D eigenvalue weighted by Crippen LogP contribution is 2.24. The van der Waals surface area contributed by atoms with Gasteiger partial charge in [-0.1, -0.05) is 43.1 Å². The molecule has 6 heteroatoms. The zero-order valence-electron chi connectivity index (χ0n) is 11.2. The van der Waals surface area contributed by atoms with Crippen LogP contribution in [0.2, 0.25) is 5.02 Å². The third-order valence-corrected chi connectivity index (χ3v) is 4.57. The van der Waals surface area contributed by atoms with E-state index in [1.165, 1.54) is 7.11 Å². The van der Waals surface area contributed by atoms with Gasteiger partial charge in [0.25, 0.3) is 0 Å². The fourth-order valence-electron chi connectivity index (χ4n) is 1.67. The minimum Gasteiger partial charge on any atom is -0.375 e. The van der Waals surface area contributed by atoms with Crippen molar-refractivity contribution in [1.29, 1.82) is 0 Å². The van der Waals surface area contributed by atoms with Crippen LogP contribution in [0.15, 0.2) is 24.3 Å². The fraction of sp³-hybridized carbons (Fsp3) is 0.538. The van der Waals surface area contributed by atoms with Crippen molar-refractivity contribution < 1.29 is 13.2 Å². The van der Waals surface area contributed by atoms with Crippen molar-refractivity contribution in [3.8, 4) is 0 Å². The Labute approximate surface area is 120 Å². The summed E-state index contributed by atoms with van der Waals surface area (Å²) in [5.74, 6) is 0.141. The average molecular weight is 306 g/mol. The van der Waals surface area contributed by atoms with Crippen LogP contribution in [0.5, 0.6) is 0 Å². The molecule has 0 aliphatic carbocycles. The molecular formula is C13H20ClNO3S. The van der Waals surface area contributed by atoms with Crippen molar-refractivity contribution in [3.05, 3.63) is 34.9 Å². The Kier molecular flexibility index (Phi) is 6.79. The Balaban J connectivity index is 2.66. The molecule has 1 N–H and O–H groups in total. The second-order valence-electron chi connectivity index (χ2n) is 4.27. The number of halogens is 1. The van der Waals surface area contributed by atoms with E-state index in [4.69, 9.17) is 16.3 Å². The summed E-state index contributed by atoms with van der Waals surface area (Å²) in [5, 5.41) is 0.571. The molecule has 0 aliphatic rings. The maximum absolute atomic E-state index is 11.7. The standard InChI is InChI=1S/C13H20ClNO3S/c1-3-4-9-19(16,17)15-10-13(18-2)11-7-5-6-8-12(11)14/h5-8,13,15H,3-4,9-10H2,1-2H3. The van der Waals surface area contributed by atoms with Crippen molar-refractivity contribution in [1.82, 2.24) is 4.72 Å². The first-order valence-corrected chi connectivity index (χ1v) is 8.27. The zero-order chi connectivity index (χ0) is 14.3. The molecule has 0 saturated carbocycles. The number of unbranched alkanes of at least 4 members (excludes halogenated alkanes) is 1. The third-order valence-electron chi connectivity index (χ3n) is 2.79. The molecule has 0 saturated heterocycles. The highest BCUT2D eigenvalue weighted by molar-refractivity contribution is 7.89. The number of hydrogen-bond donors (Lipinski definition) is 1. The Hall–Kier alpha value is -0.620. The van der Waals surface area contributed by atoms with Gasteiger partial charge in [0.05, 0.1) is 11.9 Å². The number of nitrogens with one attached hydrogen (secondary N) is 1. The normalized spacial score (nSPS) is 13.4. The van der Waals surface area contributed by atoms with Crippen molar-refractivity contribution in [2.24, 2.45) is 0 Å². The summed E-state index contributed by atoms with van der Waals surface area (Å²) in [6.07, 6.45) is 1.11. The largest absolute Gasteiger partial charge is 0.375 e. The van der Waals surface area contributed by atoms with Gasteiger partial charge in [-0.05, 0) is 12.5 Å². The van der Waals surface area contributed by atoms with Gasteiger partial charge < -0.3 is 4.74 Å². The lowest BCUT2D eigenvalue weighted by Gasteiger charge is -2.17. The molecule has 1 atom stereocenters. The topological polar surface area (TPSA) is 55.4 Å². The molecule has 0 amide bonds. The Bertz CT molecular complexity index is 490. The molecular weight excluding hydrogens is 286 g/mol. The monoisotopic (exact) mass is 305 g/mol. The van der Waals surface area contributed by atoms with Crippen LogP contribution >= 0.6 is 11.6 Å². The van der Waals surface area contributed by atoms with E-state index in [0.717, 1.165) is 12.0 Å². The van der Waals surface area contributed by atoms with Crippen molar-refractivity contribution in [3.63, 3.8) is 0 Å². The molecule has 0 bridgehead atoms. The number of ether oxygens (including phenoxy) is 1. The molecule has 0 heterocycles. The summed E-state index contributed by atoms with van der Waals surface area (Å²) in [6.45, 7) is 2.14. The van der Waals surface area contributed by atoms with Crippen molar-refractivity contribution in [2.75, 3.05) is 19.4 Å². The van der Waals surface area contributed by atoms with Crippen LogP contribution in [0.25, 0.3) is 0 Å². The summed E-state index contributed by atoms with van der Waals surface area (Å²) in [5.41, 5.74) is 0.782. The Morgan fingerprint density at radius 3 is 2.63 bits per heavy atom. The molecule has 0 aliphatic heterocycles. The van der Waals surface area contributed by atoms with E-state index in [-0.39, 0.29) is 18.4 Å². The molecule has 108 valence electrons. The summed E-state index contributed by atoms with van der Waals surface area (Å²) in [4.78, 5) is 0. The van der Waals surface area contributed by atoms with E-state index >= 15 is 0 Å². The molecule has 0 fully saturated rings. The molecule has 0 radical (unpaired) electrons. The van der Waals surface area contributed by atoms with Gasteiger partial charge in [-0.3, -0.25) is 0 Å². The third kappa shape index (κ3) is 5.48. The van der Waals surface area contributed by atoms with Crippen LogP contribution in [0, 0.1) is 0 Å². The van der Waals surface area contributed by atoms with E-state index in [9.17, 15) is 8.42 Å². The van der Waals surface area contributed by atoms with Gasteiger partial charge >= 0.3 is 0 Å². The van der Waals surface area contributed by atoms with E-state index in [2.05, 4.69) is 4.72 Å². The van der Waals surface area contributed by atoms with Gasteiger partial charge in [0.1, 0.15) is 0 Å². The summed E-state index contributed by atoms with van der Waals surface area (Å²) in [6, 6.07) is 7.26. The minimum atomic E-state index is -3.24. The number of methoxy groups -OCH3 is 1. The number of rotatable bonds is 8. The maximum atomic E-state index is 11.7. The lowest BCUT2D eigenvalue weighted by Crippen LogP contribution is -2.31. The zero-order valence-corrected chi connectivity index (χ0v) is 12.8. The van der Waals surface area contributed by atoms with Gasteiger partial charge in [-0.25, -0.2) is 13.1 Å². The van der Waals surface area contributed by atoms with E-state index in [1.54, 1.807) is 6.07 Å². The summed E-state index contributed by atoms with van der Waals surface area (Å²) in [7, 11) is -1.71. The summed E-state index contributed by atoms with van der Waals surface area (Å²) >= 11 is 6.07. The smallest absolute Gasteiger partial charge is 0.211 e. The van der Waals surface area contributed by atoms with Crippen LogP contribution in [0.3, 0.4) is 0 Å². The van der Waals surface area contributed by atoms with Crippen LogP contribution in [0.4, 0.5) is 0 Å². The molecule has 1 aromatic carbocycles. The quantitative estimate of drug-likeness (QED) is 0.803. The number of benzene rings is 1. The summed E-state index contributed by atoms with van der Waals surface area (Å²) < 4.78 is 31.3. The van der Waals surface area contributed by atoms with Crippen LogP contribution in [-0.2, 0) is 14.8 Å².